The van der Waals surface area contributed by atoms with Crippen molar-refractivity contribution >= 4 is 12.1 Å². The first-order valence-electron chi connectivity index (χ1n) is 5.41. The van der Waals surface area contributed by atoms with E-state index in [0.717, 1.165) is 5.56 Å². The monoisotopic (exact) mass is 235 g/mol. The smallest absolute Gasteiger partial charge is 0.410 e. The van der Waals surface area contributed by atoms with Gasteiger partial charge in [-0.15, -0.1) is 0 Å². The van der Waals surface area contributed by atoms with Crippen LogP contribution >= 0.6 is 0 Å². The number of nitrogens with one attached hydrogen (secondary N) is 1. The van der Waals surface area contributed by atoms with Gasteiger partial charge in [0.2, 0.25) is 6.23 Å². The number of hydrogen-bond acceptors (Lipinski definition) is 4. The number of cyclic esters (lactones) is 1. The highest BCUT2D eigenvalue weighted by Gasteiger charge is 2.25. The molecule has 1 heterocycles. The topological polar surface area (TPSA) is 64.6 Å². The Balaban J connectivity index is 1.73. The lowest BCUT2D eigenvalue weighted by Crippen LogP contribution is -2.31. The van der Waals surface area contributed by atoms with Gasteiger partial charge >= 0.3 is 12.1 Å². The highest BCUT2D eigenvalue weighted by atomic mass is 16.6. The minimum Gasteiger partial charge on any atom is -0.443 e. The Morgan fingerprint density at radius 3 is 2.82 bits per heavy atom. The van der Waals surface area contributed by atoms with Gasteiger partial charge in [-0.05, 0) is 12.0 Å². The van der Waals surface area contributed by atoms with Crippen LogP contribution in [0.2, 0.25) is 0 Å². The summed E-state index contributed by atoms with van der Waals surface area (Å²) in [5.74, 6) is -0.343. The highest BCUT2D eigenvalue weighted by Crippen LogP contribution is 2.06. The molecule has 0 aromatic heterocycles. The van der Waals surface area contributed by atoms with E-state index >= 15 is 0 Å². The summed E-state index contributed by atoms with van der Waals surface area (Å²) in [4.78, 5) is 22.1. The normalized spacial score (nSPS) is 18.4. The largest absolute Gasteiger partial charge is 0.443 e. The van der Waals surface area contributed by atoms with E-state index in [2.05, 4.69) is 10.1 Å². The third-order valence-corrected chi connectivity index (χ3v) is 2.38. The predicted octanol–water partition coefficient (Wildman–Crippen LogP) is 1.23. The molecule has 0 unspecified atom stereocenters. The van der Waals surface area contributed by atoms with Crippen LogP contribution in [-0.2, 0) is 20.7 Å². The van der Waals surface area contributed by atoms with Gasteiger partial charge in [0, 0.05) is 6.42 Å². The summed E-state index contributed by atoms with van der Waals surface area (Å²) in [5, 5.41) is 2.38. The molecular weight excluding hydrogens is 222 g/mol. The molecule has 1 aliphatic rings. The van der Waals surface area contributed by atoms with Crippen molar-refractivity contribution in [1.29, 1.82) is 0 Å². The van der Waals surface area contributed by atoms with E-state index in [1.165, 1.54) is 0 Å². The Morgan fingerprint density at radius 2 is 2.18 bits per heavy atom. The van der Waals surface area contributed by atoms with Crippen LogP contribution in [0, 0.1) is 0 Å². The number of benzene rings is 1. The number of hydrogen-bond donors (Lipinski definition) is 1. The van der Waals surface area contributed by atoms with Crippen molar-refractivity contribution in [3.63, 3.8) is 0 Å². The van der Waals surface area contributed by atoms with Crippen LogP contribution in [0.3, 0.4) is 0 Å². The Labute approximate surface area is 98.7 Å². The van der Waals surface area contributed by atoms with Crippen LogP contribution in [-0.4, -0.2) is 24.9 Å². The lowest BCUT2D eigenvalue weighted by molar-refractivity contribution is -0.149. The molecule has 1 aromatic rings. The van der Waals surface area contributed by atoms with Gasteiger partial charge < -0.3 is 9.47 Å². The van der Waals surface area contributed by atoms with Crippen molar-refractivity contribution in [2.24, 2.45) is 0 Å². The van der Waals surface area contributed by atoms with Gasteiger partial charge in [-0.1, -0.05) is 30.3 Å². The molecule has 1 saturated heterocycles. The molecule has 1 aliphatic heterocycles. The van der Waals surface area contributed by atoms with Crippen LogP contribution in [0.1, 0.15) is 12.0 Å². The molecule has 5 heteroatoms. The third kappa shape index (κ3) is 3.48. The Bertz CT molecular complexity index is 404. The average Bonchev–Trinajstić information content (AvgIpc) is 2.73. The molecule has 90 valence electrons. The van der Waals surface area contributed by atoms with Crippen LogP contribution in [0.15, 0.2) is 30.3 Å². The maximum atomic E-state index is 11.4. The maximum absolute atomic E-state index is 11.4. The van der Waals surface area contributed by atoms with Crippen molar-refractivity contribution in [2.45, 2.75) is 19.1 Å². The zero-order valence-electron chi connectivity index (χ0n) is 9.22. The zero-order valence-corrected chi connectivity index (χ0v) is 9.22. The maximum Gasteiger partial charge on any atom is 0.410 e. The van der Waals surface area contributed by atoms with Gasteiger partial charge in [0.05, 0.1) is 0 Å². The van der Waals surface area contributed by atoms with E-state index in [1.807, 2.05) is 30.3 Å². The standard InChI is InChI=1S/C12H13NO4/c14-11(17-10-8-16-12(15)13-10)7-6-9-4-2-1-3-5-9/h1-5,10H,6-8H2,(H,13,15)/t10-/m0/s1. The first-order valence-corrected chi connectivity index (χ1v) is 5.41. The first kappa shape index (κ1) is 11.4. The molecule has 1 atom stereocenters. The molecule has 2 rings (SSSR count). The Morgan fingerprint density at radius 1 is 1.41 bits per heavy atom. The van der Waals surface area contributed by atoms with Crippen molar-refractivity contribution in [2.75, 3.05) is 6.61 Å². The highest BCUT2D eigenvalue weighted by molar-refractivity contribution is 5.72. The number of ether oxygens (including phenoxy) is 2. The molecule has 1 N–H and O–H groups in total. The lowest BCUT2D eigenvalue weighted by Gasteiger charge is -2.09. The average molecular weight is 235 g/mol. The molecule has 1 fully saturated rings. The number of rotatable bonds is 4. The van der Waals surface area contributed by atoms with Gasteiger partial charge in [-0.25, -0.2) is 4.79 Å². The molecule has 17 heavy (non-hydrogen) atoms. The molecule has 0 bridgehead atoms. The summed E-state index contributed by atoms with van der Waals surface area (Å²) >= 11 is 0. The second kappa shape index (κ2) is 5.34. The van der Waals surface area contributed by atoms with E-state index in [0.29, 0.717) is 6.42 Å². The fourth-order valence-electron chi connectivity index (χ4n) is 1.54. The zero-order chi connectivity index (χ0) is 12.1. The van der Waals surface area contributed by atoms with Crippen molar-refractivity contribution in [3.05, 3.63) is 35.9 Å². The molecule has 1 aromatic carbocycles. The number of amides is 1. The summed E-state index contributed by atoms with van der Waals surface area (Å²) in [6.45, 7) is 0.0793. The van der Waals surface area contributed by atoms with Gasteiger partial charge in [0.15, 0.2) is 0 Å². The van der Waals surface area contributed by atoms with Gasteiger partial charge in [0.25, 0.3) is 0 Å². The van der Waals surface area contributed by atoms with E-state index in [9.17, 15) is 9.59 Å². The summed E-state index contributed by atoms with van der Waals surface area (Å²) in [5.41, 5.74) is 1.08. The van der Waals surface area contributed by atoms with Crippen LogP contribution in [0.25, 0.3) is 0 Å². The molecule has 0 saturated carbocycles. The molecule has 0 spiro atoms. The van der Waals surface area contributed by atoms with Crippen LogP contribution in [0.4, 0.5) is 4.79 Å². The summed E-state index contributed by atoms with van der Waals surface area (Å²) in [6.07, 6.45) is -0.283. The van der Waals surface area contributed by atoms with E-state index in [4.69, 9.17) is 4.74 Å². The number of esters is 1. The lowest BCUT2D eigenvalue weighted by atomic mass is 10.1. The van der Waals surface area contributed by atoms with Gasteiger partial charge in [-0.3, -0.25) is 10.1 Å². The summed E-state index contributed by atoms with van der Waals surface area (Å²) < 4.78 is 9.61. The van der Waals surface area contributed by atoms with Gasteiger partial charge in [0.1, 0.15) is 6.61 Å². The fourth-order valence-corrected chi connectivity index (χ4v) is 1.54. The minimum atomic E-state index is -0.647. The second-order valence-electron chi connectivity index (χ2n) is 3.71. The number of aryl methyl sites for hydroxylation is 1. The van der Waals surface area contributed by atoms with Gasteiger partial charge in [-0.2, -0.15) is 0 Å². The number of carbonyl (C=O) groups is 2. The van der Waals surface area contributed by atoms with E-state index in [1.54, 1.807) is 0 Å². The number of carbonyl (C=O) groups excluding carboxylic acids is 2. The van der Waals surface area contributed by atoms with E-state index in [-0.39, 0.29) is 19.0 Å². The number of alkyl carbamates (subject to hydrolysis) is 1. The third-order valence-electron chi connectivity index (χ3n) is 2.38. The van der Waals surface area contributed by atoms with Crippen molar-refractivity contribution < 1.29 is 19.1 Å². The molecule has 1 amide bonds. The summed E-state index contributed by atoms with van der Waals surface area (Å²) in [6, 6.07) is 9.67. The molecular formula is C12H13NO4. The second-order valence-corrected chi connectivity index (χ2v) is 3.71. The summed E-state index contributed by atoms with van der Waals surface area (Å²) in [7, 11) is 0. The molecule has 5 nitrogen and oxygen atoms in total. The van der Waals surface area contributed by atoms with Crippen molar-refractivity contribution in [3.8, 4) is 0 Å². The van der Waals surface area contributed by atoms with E-state index < -0.39 is 12.3 Å². The van der Waals surface area contributed by atoms with Crippen LogP contribution < -0.4 is 5.32 Å². The fraction of sp³-hybridized carbons (Fsp3) is 0.333. The molecule has 0 aliphatic carbocycles. The Hall–Kier alpha value is -2.04. The van der Waals surface area contributed by atoms with Crippen LogP contribution in [0.5, 0.6) is 0 Å². The quantitative estimate of drug-likeness (QED) is 0.797. The SMILES string of the molecule is O=C(CCc1ccccc1)O[C@H]1COC(=O)N1. The Kier molecular flexibility index (Phi) is 3.59. The molecule has 0 radical (unpaired) electrons. The predicted molar refractivity (Wildman–Crippen MR) is 59.1 cm³/mol. The van der Waals surface area contributed by atoms with Crippen molar-refractivity contribution in [1.82, 2.24) is 5.32 Å². The first-order chi connectivity index (χ1) is 8.24. The minimum absolute atomic E-state index is 0.0793.